The summed E-state index contributed by atoms with van der Waals surface area (Å²) in [5.74, 6) is -0.771. The molecule has 1 aromatic heterocycles. The van der Waals surface area contributed by atoms with Crippen molar-refractivity contribution in [3.05, 3.63) is 94.0 Å². The van der Waals surface area contributed by atoms with Gasteiger partial charge in [0.2, 0.25) is 0 Å². The summed E-state index contributed by atoms with van der Waals surface area (Å²) in [6.07, 6.45) is 3.24. The molecule has 0 unspecified atom stereocenters. The van der Waals surface area contributed by atoms with Crippen LogP contribution in [-0.4, -0.2) is 34.3 Å². The number of rotatable bonds is 7. The Balaban J connectivity index is 1.82. The van der Waals surface area contributed by atoms with Gasteiger partial charge in [-0.25, -0.2) is 9.78 Å². The standard InChI is InChI=1S/C25H18F2N2O5/c1-33-21-14-15(6-12-20(21)34-25(26)27)7-13-22-28-19-5-3-2-4-18(19)23(30)29(22)17-10-8-16(9-11-17)24(31)32/h2-14,25H,1H3,(H,31,32)/b13-7+. The first kappa shape index (κ1) is 22.7. The van der Waals surface area contributed by atoms with Crippen molar-refractivity contribution in [2.24, 2.45) is 0 Å². The van der Waals surface area contributed by atoms with Gasteiger partial charge < -0.3 is 14.6 Å². The van der Waals surface area contributed by atoms with E-state index in [1.54, 1.807) is 42.5 Å². The molecule has 0 radical (unpaired) electrons. The molecule has 0 spiro atoms. The Kier molecular flexibility index (Phi) is 6.35. The number of para-hydroxylation sites is 1. The van der Waals surface area contributed by atoms with Crippen LogP contribution >= 0.6 is 0 Å². The lowest BCUT2D eigenvalue weighted by atomic mass is 10.1. The molecule has 0 saturated heterocycles. The maximum atomic E-state index is 13.3. The van der Waals surface area contributed by atoms with Crippen LogP contribution in [0.3, 0.4) is 0 Å². The van der Waals surface area contributed by atoms with Crippen LogP contribution in [0.1, 0.15) is 21.7 Å². The van der Waals surface area contributed by atoms with E-state index in [0.717, 1.165) is 0 Å². The Morgan fingerprint density at radius 2 is 1.76 bits per heavy atom. The second-order valence-corrected chi connectivity index (χ2v) is 7.10. The first-order chi connectivity index (χ1) is 16.4. The summed E-state index contributed by atoms with van der Waals surface area (Å²) < 4.78 is 36.1. The average molecular weight is 464 g/mol. The highest BCUT2D eigenvalue weighted by Crippen LogP contribution is 2.30. The number of aromatic carboxylic acids is 1. The van der Waals surface area contributed by atoms with Crippen molar-refractivity contribution in [2.75, 3.05) is 7.11 Å². The molecule has 0 aliphatic heterocycles. The lowest BCUT2D eigenvalue weighted by molar-refractivity contribution is -0.0512. The second-order valence-electron chi connectivity index (χ2n) is 7.10. The summed E-state index contributed by atoms with van der Waals surface area (Å²) in [5, 5.41) is 9.56. The fourth-order valence-corrected chi connectivity index (χ4v) is 3.42. The van der Waals surface area contributed by atoms with Gasteiger partial charge in [-0.2, -0.15) is 8.78 Å². The van der Waals surface area contributed by atoms with Gasteiger partial charge in [0.25, 0.3) is 5.56 Å². The van der Waals surface area contributed by atoms with Crippen LogP contribution in [0, 0.1) is 0 Å². The number of halogens is 2. The number of fused-ring (bicyclic) bond motifs is 1. The van der Waals surface area contributed by atoms with E-state index in [1.807, 2.05) is 0 Å². The number of methoxy groups -OCH3 is 1. The summed E-state index contributed by atoms with van der Waals surface area (Å²) in [6, 6.07) is 17.2. The molecule has 0 aliphatic carbocycles. The van der Waals surface area contributed by atoms with Crippen LogP contribution in [0.2, 0.25) is 0 Å². The fraction of sp³-hybridized carbons (Fsp3) is 0.0800. The molecule has 4 rings (SSSR count). The van der Waals surface area contributed by atoms with Gasteiger partial charge in [0.1, 0.15) is 5.82 Å². The predicted molar refractivity (Wildman–Crippen MR) is 123 cm³/mol. The Morgan fingerprint density at radius 3 is 2.44 bits per heavy atom. The number of aromatic nitrogens is 2. The van der Waals surface area contributed by atoms with Gasteiger partial charge in [-0.05, 0) is 60.2 Å². The fourth-order valence-electron chi connectivity index (χ4n) is 3.42. The number of hydrogen-bond donors (Lipinski definition) is 1. The Morgan fingerprint density at radius 1 is 1.03 bits per heavy atom. The molecule has 0 fully saturated rings. The molecule has 3 aromatic carbocycles. The number of carbonyl (C=O) groups is 1. The molecule has 0 bridgehead atoms. The summed E-state index contributed by atoms with van der Waals surface area (Å²) in [7, 11) is 1.34. The molecule has 7 nitrogen and oxygen atoms in total. The van der Waals surface area contributed by atoms with Crippen molar-refractivity contribution >= 4 is 29.0 Å². The minimum Gasteiger partial charge on any atom is -0.493 e. The monoisotopic (exact) mass is 464 g/mol. The third kappa shape index (κ3) is 4.63. The zero-order valence-electron chi connectivity index (χ0n) is 17.8. The van der Waals surface area contributed by atoms with Crippen molar-refractivity contribution in [1.82, 2.24) is 9.55 Å². The van der Waals surface area contributed by atoms with Gasteiger partial charge in [0, 0.05) is 0 Å². The summed E-state index contributed by atoms with van der Waals surface area (Å²) in [4.78, 5) is 29.1. The van der Waals surface area contributed by atoms with Crippen molar-refractivity contribution in [1.29, 1.82) is 0 Å². The van der Waals surface area contributed by atoms with E-state index in [9.17, 15) is 18.4 Å². The molecular formula is C25H18F2N2O5. The summed E-state index contributed by atoms with van der Waals surface area (Å²) >= 11 is 0. The lowest BCUT2D eigenvalue weighted by Crippen LogP contribution is -2.22. The van der Waals surface area contributed by atoms with Crippen molar-refractivity contribution in [3.8, 4) is 17.2 Å². The Hall–Kier alpha value is -4.53. The van der Waals surface area contributed by atoms with E-state index in [-0.39, 0.29) is 22.6 Å². The van der Waals surface area contributed by atoms with Crippen molar-refractivity contribution < 1.29 is 28.2 Å². The van der Waals surface area contributed by atoms with Crippen LogP contribution < -0.4 is 15.0 Å². The number of hydrogen-bond acceptors (Lipinski definition) is 5. The summed E-state index contributed by atoms with van der Waals surface area (Å²) in [6.45, 7) is -2.99. The van der Waals surface area contributed by atoms with Crippen LogP contribution in [-0.2, 0) is 0 Å². The van der Waals surface area contributed by atoms with Crippen LogP contribution in [0.15, 0.2) is 71.5 Å². The molecule has 0 aliphatic rings. The highest BCUT2D eigenvalue weighted by atomic mass is 19.3. The normalized spacial score (nSPS) is 11.3. The highest BCUT2D eigenvalue weighted by Gasteiger charge is 2.13. The van der Waals surface area contributed by atoms with E-state index >= 15 is 0 Å². The smallest absolute Gasteiger partial charge is 0.387 e. The number of benzene rings is 3. The van der Waals surface area contributed by atoms with Gasteiger partial charge in [-0.15, -0.1) is 0 Å². The molecule has 1 heterocycles. The number of nitrogens with zero attached hydrogens (tertiary/aromatic N) is 2. The third-order valence-corrected chi connectivity index (χ3v) is 5.00. The molecule has 9 heteroatoms. The van der Waals surface area contributed by atoms with E-state index < -0.39 is 12.6 Å². The zero-order valence-corrected chi connectivity index (χ0v) is 17.8. The first-order valence-corrected chi connectivity index (χ1v) is 10.0. The van der Waals surface area contributed by atoms with Gasteiger partial charge in [0.05, 0.1) is 29.3 Å². The van der Waals surface area contributed by atoms with E-state index in [1.165, 1.54) is 48.1 Å². The lowest BCUT2D eigenvalue weighted by Gasteiger charge is -2.12. The van der Waals surface area contributed by atoms with Crippen LogP contribution in [0.4, 0.5) is 8.78 Å². The Bertz CT molecular complexity index is 1450. The summed E-state index contributed by atoms with van der Waals surface area (Å²) in [5.41, 5.74) is 1.27. The molecule has 172 valence electrons. The van der Waals surface area contributed by atoms with Gasteiger partial charge in [-0.1, -0.05) is 24.3 Å². The predicted octanol–water partition coefficient (Wildman–Crippen LogP) is 4.86. The van der Waals surface area contributed by atoms with Crippen molar-refractivity contribution in [2.45, 2.75) is 6.61 Å². The minimum atomic E-state index is -2.99. The molecule has 0 saturated carbocycles. The third-order valence-electron chi connectivity index (χ3n) is 5.00. The quantitative estimate of drug-likeness (QED) is 0.420. The zero-order chi connectivity index (χ0) is 24.2. The molecule has 4 aromatic rings. The SMILES string of the molecule is COc1cc(/C=C/c2nc3ccccc3c(=O)n2-c2ccc(C(=O)O)cc2)ccc1OC(F)F. The largest absolute Gasteiger partial charge is 0.493 e. The first-order valence-electron chi connectivity index (χ1n) is 10.0. The molecule has 34 heavy (non-hydrogen) atoms. The number of carboxylic acids is 1. The molecule has 1 N–H and O–H groups in total. The van der Waals surface area contributed by atoms with Gasteiger partial charge >= 0.3 is 12.6 Å². The topological polar surface area (TPSA) is 90.7 Å². The maximum Gasteiger partial charge on any atom is 0.387 e. The maximum absolute atomic E-state index is 13.3. The van der Waals surface area contributed by atoms with Gasteiger partial charge in [-0.3, -0.25) is 9.36 Å². The van der Waals surface area contributed by atoms with E-state index in [4.69, 9.17) is 9.84 Å². The van der Waals surface area contributed by atoms with E-state index in [2.05, 4.69) is 9.72 Å². The molecule has 0 atom stereocenters. The van der Waals surface area contributed by atoms with Crippen molar-refractivity contribution in [3.63, 3.8) is 0 Å². The van der Waals surface area contributed by atoms with Crippen LogP contribution in [0.5, 0.6) is 11.5 Å². The average Bonchev–Trinajstić information content (AvgIpc) is 2.83. The number of alkyl halides is 2. The molecular weight excluding hydrogens is 446 g/mol. The molecule has 0 amide bonds. The highest BCUT2D eigenvalue weighted by molar-refractivity contribution is 5.88. The number of ether oxygens (including phenoxy) is 2. The van der Waals surface area contributed by atoms with Gasteiger partial charge in [0.15, 0.2) is 11.5 Å². The van der Waals surface area contributed by atoms with E-state index in [0.29, 0.717) is 28.0 Å². The Labute approximate surface area is 192 Å². The minimum absolute atomic E-state index is 0.0841. The second kappa shape index (κ2) is 9.53. The van der Waals surface area contributed by atoms with Crippen LogP contribution in [0.25, 0.3) is 28.7 Å². The number of carboxylic acid groups (broad SMARTS) is 1.